The molecule has 206 valence electrons. The molecule has 0 bridgehead atoms. The van der Waals surface area contributed by atoms with Gasteiger partial charge in [-0.15, -0.1) is 0 Å². The number of Topliss-reactive ketones (excluding diaryl/α,β-unsaturated/α-hetero) is 2. The highest BCUT2D eigenvalue weighted by Gasteiger charge is 2.59. The summed E-state index contributed by atoms with van der Waals surface area (Å²) in [6.45, 7) is 0.476. The molecular formula is C26H33N3O9. The minimum absolute atomic E-state index is 0.0281. The SMILES string of the molecule is COC(CNCc1cc(N(C)C)c2c(c1O)C(=O)C1=C(O)[C@]3(O)C(=O)C(C(N)=O)=C(O)C[C@@H]3C[C@@H]1C2)OC. The van der Waals surface area contributed by atoms with Crippen LogP contribution in [0.15, 0.2) is 28.7 Å². The lowest BCUT2D eigenvalue weighted by molar-refractivity contribution is -0.144. The molecule has 3 atom stereocenters. The van der Waals surface area contributed by atoms with Crippen LogP contribution >= 0.6 is 0 Å². The molecule has 1 amide bonds. The number of hydrogen-bond acceptors (Lipinski definition) is 11. The minimum Gasteiger partial charge on any atom is -0.511 e. The lowest BCUT2D eigenvalue weighted by Crippen LogP contribution is -2.57. The predicted octanol–water partition coefficient (Wildman–Crippen LogP) is 0.355. The van der Waals surface area contributed by atoms with Crippen LogP contribution in [0.1, 0.15) is 34.3 Å². The van der Waals surface area contributed by atoms with Crippen LogP contribution in [0.4, 0.5) is 5.69 Å². The smallest absolute Gasteiger partial charge is 0.255 e. The summed E-state index contributed by atoms with van der Waals surface area (Å²) in [7, 11) is 6.59. The van der Waals surface area contributed by atoms with E-state index in [1.165, 1.54) is 14.2 Å². The van der Waals surface area contributed by atoms with Gasteiger partial charge in [-0.1, -0.05) is 0 Å². The van der Waals surface area contributed by atoms with E-state index in [0.717, 1.165) is 0 Å². The zero-order chi connectivity index (χ0) is 28.1. The highest BCUT2D eigenvalue weighted by atomic mass is 16.7. The van der Waals surface area contributed by atoms with E-state index >= 15 is 0 Å². The summed E-state index contributed by atoms with van der Waals surface area (Å²) in [6, 6.07) is 1.77. The molecule has 0 radical (unpaired) electrons. The number of primary amides is 1. The molecule has 3 aliphatic carbocycles. The third-order valence-corrected chi connectivity index (χ3v) is 7.75. The first-order valence-electron chi connectivity index (χ1n) is 12.2. The highest BCUT2D eigenvalue weighted by Crippen LogP contribution is 2.52. The lowest BCUT2D eigenvalue weighted by atomic mass is 9.60. The number of aliphatic hydroxyl groups is 3. The van der Waals surface area contributed by atoms with Crippen molar-refractivity contribution in [2.75, 3.05) is 39.8 Å². The molecule has 0 unspecified atom stereocenters. The number of allylic oxidation sites excluding steroid dienone is 2. The molecule has 12 heteroatoms. The Bertz CT molecular complexity index is 1260. The van der Waals surface area contributed by atoms with Gasteiger partial charge in [-0.05, 0) is 30.4 Å². The number of carbonyl (C=O) groups excluding carboxylic acids is 3. The molecule has 0 aliphatic heterocycles. The summed E-state index contributed by atoms with van der Waals surface area (Å²) in [4.78, 5) is 40.6. The predicted molar refractivity (Wildman–Crippen MR) is 135 cm³/mol. The Morgan fingerprint density at radius 1 is 1.21 bits per heavy atom. The fourth-order valence-corrected chi connectivity index (χ4v) is 5.84. The second-order valence-corrected chi connectivity index (χ2v) is 10.1. The third kappa shape index (κ3) is 4.13. The number of ketones is 2. The zero-order valence-electron chi connectivity index (χ0n) is 21.7. The second-order valence-electron chi connectivity index (χ2n) is 10.1. The maximum absolute atomic E-state index is 13.9. The molecule has 3 aliphatic rings. The number of rotatable bonds is 8. The number of fused-ring (bicyclic) bond motifs is 3. The van der Waals surface area contributed by atoms with Gasteiger partial charge in [0.1, 0.15) is 22.8 Å². The van der Waals surface area contributed by atoms with E-state index in [1.807, 2.05) is 4.90 Å². The molecule has 38 heavy (non-hydrogen) atoms. The van der Waals surface area contributed by atoms with Crippen LogP contribution in [0.5, 0.6) is 5.75 Å². The van der Waals surface area contributed by atoms with Gasteiger partial charge >= 0.3 is 0 Å². The van der Waals surface area contributed by atoms with Crippen LogP contribution in [0.2, 0.25) is 0 Å². The second kappa shape index (κ2) is 10.0. The molecule has 0 heterocycles. The summed E-state index contributed by atoms with van der Waals surface area (Å²) in [5.41, 5.74) is 3.30. The number of nitrogens with one attached hydrogen (secondary N) is 1. The number of nitrogens with zero attached hydrogens (tertiary/aromatic N) is 1. The first-order valence-corrected chi connectivity index (χ1v) is 12.2. The number of carbonyl (C=O) groups is 3. The molecule has 4 rings (SSSR count). The summed E-state index contributed by atoms with van der Waals surface area (Å²) in [6.07, 6.45) is -0.473. The van der Waals surface area contributed by atoms with E-state index in [2.05, 4.69) is 5.32 Å². The van der Waals surface area contributed by atoms with Crippen molar-refractivity contribution in [1.29, 1.82) is 0 Å². The number of methoxy groups -OCH3 is 2. The van der Waals surface area contributed by atoms with Crippen LogP contribution in [0.25, 0.3) is 0 Å². The van der Waals surface area contributed by atoms with Crippen molar-refractivity contribution in [1.82, 2.24) is 5.32 Å². The van der Waals surface area contributed by atoms with Gasteiger partial charge in [0, 0.05) is 70.6 Å². The highest BCUT2D eigenvalue weighted by molar-refractivity contribution is 6.24. The van der Waals surface area contributed by atoms with Crippen molar-refractivity contribution in [3.63, 3.8) is 0 Å². The number of nitrogens with two attached hydrogens (primary N) is 1. The molecule has 1 aromatic rings. The van der Waals surface area contributed by atoms with E-state index in [1.54, 1.807) is 20.2 Å². The van der Waals surface area contributed by atoms with Crippen LogP contribution in [0.3, 0.4) is 0 Å². The Hall–Kier alpha value is -3.45. The largest absolute Gasteiger partial charge is 0.511 e. The van der Waals surface area contributed by atoms with Gasteiger partial charge in [-0.3, -0.25) is 14.4 Å². The molecule has 0 fully saturated rings. The Kier molecular flexibility index (Phi) is 7.28. The first-order chi connectivity index (χ1) is 17.9. The summed E-state index contributed by atoms with van der Waals surface area (Å²) < 4.78 is 10.3. The van der Waals surface area contributed by atoms with E-state index in [9.17, 15) is 34.8 Å². The van der Waals surface area contributed by atoms with Gasteiger partial charge in [0.25, 0.3) is 5.91 Å². The number of phenols is 1. The number of anilines is 1. The number of aliphatic hydroxyl groups excluding tert-OH is 2. The van der Waals surface area contributed by atoms with E-state index in [-0.39, 0.29) is 42.7 Å². The number of ether oxygens (including phenoxy) is 2. The first kappa shape index (κ1) is 27.6. The summed E-state index contributed by atoms with van der Waals surface area (Å²) >= 11 is 0. The topological polar surface area (TPSA) is 192 Å². The fraction of sp³-hybridized carbons (Fsp3) is 0.500. The summed E-state index contributed by atoms with van der Waals surface area (Å²) in [5, 5.41) is 47.2. The van der Waals surface area contributed by atoms with Crippen LogP contribution < -0.4 is 16.0 Å². The lowest BCUT2D eigenvalue weighted by Gasteiger charge is -2.46. The van der Waals surface area contributed by atoms with Gasteiger partial charge in [0.15, 0.2) is 17.7 Å². The standard InChI is InChI=1S/C26H33N3O9/c1-29(2)15-7-12(9-28-10-17(37-3)38-4)21(31)19-14(15)6-11-5-13-8-16(30)20(25(27)35)24(34)26(13,36)23(33)18(11)22(19)32/h7,11,13,17,28,30-31,33,36H,5-6,8-10H2,1-4H3,(H2,27,35)/t11-,13+,26+/m1/s1. The van der Waals surface area contributed by atoms with Gasteiger partial charge in [-0.25, -0.2) is 0 Å². The Labute approximate surface area is 219 Å². The average Bonchev–Trinajstić information content (AvgIpc) is 2.84. The zero-order valence-corrected chi connectivity index (χ0v) is 21.7. The van der Waals surface area contributed by atoms with Crippen molar-refractivity contribution in [3.05, 3.63) is 45.4 Å². The van der Waals surface area contributed by atoms with Crippen molar-refractivity contribution in [2.45, 2.75) is 37.7 Å². The normalized spacial score (nSPS) is 24.9. The molecule has 12 nitrogen and oxygen atoms in total. The molecule has 0 spiro atoms. The van der Waals surface area contributed by atoms with Crippen LogP contribution in [0, 0.1) is 11.8 Å². The number of phenolic OH excluding ortho intramolecular Hbond substituents is 1. The summed E-state index contributed by atoms with van der Waals surface area (Å²) in [5.74, 6) is -6.49. The Morgan fingerprint density at radius 2 is 1.87 bits per heavy atom. The number of aromatic hydroxyl groups is 1. The maximum atomic E-state index is 13.9. The fourth-order valence-electron chi connectivity index (χ4n) is 5.84. The van der Waals surface area contributed by atoms with Crippen LogP contribution in [-0.2, 0) is 32.0 Å². The molecule has 7 N–H and O–H groups in total. The molecule has 0 saturated heterocycles. The van der Waals surface area contributed by atoms with Crippen molar-refractivity contribution < 1.29 is 44.3 Å². The van der Waals surface area contributed by atoms with Crippen molar-refractivity contribution in [2.24, 2.45) is 17.6 Å². The quantitative estimate of drug-likeness (QED) is 0.200. The molecular weight excluding hydrogens is 498 g/mol. The van der Waals surface area contributed by atoms with Gasteiger partial charge < -0.3 is 45.9 Å². The van der Waals surface area contributed by atoms with Gasteiger partial charge in [-0.2, -0.15) is 0 Å². The van der Waals surface area contributed by atoms with E-state index < -0.39 is 58.3 Å². The van der Waals surface area contributed by atoms with Gasteiger partial charge in [0.2, 0.25) is 5.78 Å². The average molecular weight is 532 g/mol. The van der Waals surface area contributed by atoms with E-state index in [0.29, 0.717) is 23.4 Å². The maximum Gasteiger partial charge on any atom is 0.255 e. The Morgan fingerprint density at radius 3 is 2.45 bits per heavy atom. The third-order valence-electron chi connectivity index (χ3n) is 7.75. The molecule has 0 aromatic heterocycles. The molecule has 0 saturated carbocycles. The van der Waals surface area contributed by atoms with Crippen molar-refractivity contribution >= 4 is 23.2 Å². The van der Waals surface area contributed by atoms with Crippen molar-refractivity contribution in [3.8, 4) is 5.75 Å². The Balaban J connectivity index is 1.81. The van der Waals surface area contributed by atoms with Crippen LogP contribution in [-0.4, -0.2) is 84.7 Å². The van der Waals surface area contributed by atoms with Gasteiger partial charge in [0.05, 0.1) is 5.56 Å². The number of amides is 1. The minimum atomic E-state index is -2.59. The number of benzene rings is 1. The molecule has 1 aromatic carbocycles. The monoisotopic (exact) mass is 531 g/mol. The number of hydrogen-bond donors (Lipinski definition) is 6. The van der Waals surface area contributed by atoms with E-state index in [4.69, 9.17) is 15.2 Å².